The molecule has 1 aromatic carbocycles. The summed E-state index contributed by atoms with van der Waals surface area (Å²) in [6, 6.07) is 7.01. The lowest BCUT2D eigenvalue weighted by atomic mass is 10.1. The SMILES string of the molecule is C#Cc1cc2ccc([C@@H](O)Cn3nnc(Cn4cnc5scc(C(N)=O)c5c4=O)n3)cc2o1. The normalized spacial score (nSPS) is 12.2. The van der Waals surface area contributed by atoms with Gasteiger partial charge in [-0.1, -0.05) is 12.1 Å². The number of primary amides is 1. The second-order valence-electron chi connectivity index (χ2n) is 7.20. The van der Waals surface area contributed by atoms with Crippen molar-refractivity contribution in [2.45, 2.75) is 19.2 Å². The molecule has 12 heteroatoms. The number of thiophene rings is 1. The molecule has 0 aliphatic carbocycles. The molecule has 0 aliphatic heterocycles. The molecule has 33 heavy (non-hydrogen) atoms. The fourth-order valence-corrected chi connectivity index (χ4v) is 4.30. The van der Waals surface area contributed by atoms with Crippen molar-refractivity contribution < 1.29 is 14.3 Å². The minimum absolute atomic E-state index is 0.0147. The summed E-state index contributed by atoms with van der Waals surface area (Å²) < 4.78 is 6.79. The number of hydrogen-bond acceptors (Lipinski definition) is 9. The van der Waals surface area contributed by atoms with Crippen LogP contribution in [-0.4, -0.2) is 40.8 Å². The van der Waals surface area contributed by atoms with Crippen LogP contribution in [0, 0.1) is 12.3 Å². The molecular formula is C21H15N7O4S. The highest BCUT2D eigenvalue weighted by Crippen LogP contribution is 2.24. The van der Waals surface area contributed by atoms with Crippen molar-refractivity contribution in [2.24, 2.45) is 5.73 Å². The Morgan fingerprint density at radius 3 is 3.00 bits per heavy atom. The van der Waals surface area contributed by atoms with Gasteiger partial charge in [0.2, 0.25) is 5.91 Å². The van der Waals surface area contributed by atoms with Crippen molar-refractivity contribution in [2.75, 3.05) is 0 Å². The number of tetrazole rings is 1. The smallest absolute Gasteiger partial charge is 0.263 e. The van der Waals surface area contributed by atoms with Crippen LogP contribution in [0.25, 0.3) is 21.2 Å². The van der Waals surface area contributed by atoms with E-state index in [1.807, 2.05) is 0 Å². The van der Waals surface area contributed by atoms with Crippen molar-refractivity contribution in [1.82, 2.24) is 29.8 Å². The summed E-state index contributed by atoms with van der Waals surface area (Å²) in [6.45, 7) is 0.0168. The van der Waals surface area contributed by atoms with E-state index in [4.69, 9.17) is 16.6 Å². The minimum Gasteiger partial charge on any atom is -0.448 e. The van der Waals surface area contributed by atoms with Gasteiger partial charge >= 0.3 is 0 Å². The van der Waals surface area contributed by atoms with Gasteiger partial charge in [0.05, 0.1) is 30.4 Å². The Bertz CT molecular complexity index is 1620. The van der Waals surface area contributed by atoms with Crippen LogP contribution in [0.3, 0.4) is 0 Å². The predicted octanol–water partition coefficient (Wildman–Crippen LogP) is 1.05. The van der Waals surface area contributed by atoms with Gasteiger partial charge in [-0.2, -0.15) is 4.80 Å². The summed E-state index contributed by atoms with van der Waals surface area (Å²) in [4.78, 5) is 30.2. The lowest BCUT2D eigenvalue weighted by Gasteiger charge is -2.09. The fourth-order valence-electron chi connectivity index (χ4n) is 3.42. The zero-order chi connectivity index (χ0) is 23.1. The molecule has 164 valence electrons. The maximum absolute atomic E-state index is 12.8. The first-order valence-electron chi connectivity index (χ1n) is 9.64. The summed E-state index contributed by atoms with van der Waals surface area (Å²) in [5.41, 5.74) is 6.22. The van der Waals surface area contributed by atoms with Crippen molar-refractivity contribution >= 4 is 38.4 Å². The quantitative estimate of drug-likeness (QED) is 0.356. The van der Waals surface area contributed by atoms with Crippen LogP contribution >= 0.6 is 11.3 Å². The number of benzene rings is 1. The number of aromatic nitrogens is 6. The molecular weight excluding hydrogens is 446 g/mol. The van der Waals surface area contributed by atoms with E-state index < -0.39 is 17.6 Å². The number of rotatable bonds is 6. The molecule has 0 radical (unpaired) electrons. The Hall–Kier alpha value is -4.34. The zero-order valence-corrected chi connectivity index (χ0v) is 17.7. The first-order chi connectivity index (χ1) is 15.9. The standard InChI is InChI=1S/C21H15N7O4S/c1-2-13-5-12-4-3-11(6-16(12)32-13)15(29)7-28-25-17(24-26-28)8-27-10-23-20-18(21(27)31)14(9-33-20)19(22)30/h1,3-6,9-10,15,29H,7-8H2,(H2,22,30)/t15-/m0/s1. The molecule has 0 unspecified atom stereocenters. The van der Waals surface area contributed by atoms with Crippen molar-refractivity contribution in [3.8, 4) is 12.3 Å². The third-order valence-electron chi connectivity index (χ3n) is 5.04. The van der Waals surface area contributed by atoms with Crippen LogP contribution < -0.4 is 11.3 Å². The summed E-state index contributed by atoms with van der Waals surface area (Å²) >= 11 is 1.17. The molecule has 5 aromatic rings. The number of nitrogens with zero attached hydrogens (tertiary/aromatic N) is 6. The maximum atomic E-state index is 12.8. The van der Waals surface area contributed by atoms with Gasteiger partial charge in [-0.25, -0.2) is 4.98 Å². The molecule has 4 heterocycles. The lowest BCUT2D eigenvalue weighted by Crippen LogP contribution is -2.23. The Balaban J connectivity index is 1.35. The second-order valence-corrected chi connectivity index (χ2v) is 8.06. The number of aliphatic hydroxyl groups excluding tert-OH is 1. The molecule has 0 bridgehead atoms. The van der Waals surface area contributed by atoms with Crippen molar-refractivity contribution in [3.63, 3.8) is 0 Å². The van der Waals surface area contributed by atoms with Gasteiger partial charge in [0.15, 0.2) is 11.6 Å². The van der Waals surface area contributed by atoms with E-state index in [-0.39, 0.29) is 29.9 Å². The van der Waals surface area contributed by atoms with Gasteiger partial charge in [0.25, 0.3) is 5.56 Å². The van der Waals surface area contributed by atoms with Gasteiger partial charge in [-0.05, 0) is 22.8 Å². The summed E-state index contributed by atoms with van der Waals surface area (Å²) in [6.07, 6.45) is 5.78. The number of nitrogens with two attached hydrogens (primary N) is 1. The molecule has 11 nitrogen and oxygen atoms in total. The van der Waals surface area contributed by atoms with Gasteiger partial charge in [0, 0.05) is 16.8 Å². The van der Waals surface area contributed by atoms with Crippen LogP contribution in [0.1, 0.15) is 33.6 Å². The number of terminal acetylenes is 1. The van der Waals surface area contributed by atoms with E-state index >= 15 is 0 Å². The van der Waals surface area contributed by atoms with E-state index in [0.29, 0.717) is 21.7 Å². The van der Waals surface area contributed by atoms with E-state index in [9.17, 15) is 14.7 Å². The zero-order valence-electron chi connectivity index (χ0n) is 16.9. The molecule has 4 aromatic heterocycles. The Morgan fingerprint density at radius 1 is 1.36 bits per heavy atom. The monoisotopic (exact) mass is 461 g/mol. The molecule has 0 saturated heterocycles. The number of carbonyl (C=O) groups excluding carboxylic acids is 1. The summed E-state index contributed by atoms with van der Waals surface area (Å²) in [7, 11) is 0. The first-order valence-corrected chi connectivity index (χ1v) is 10.5. The van der Waals surface area contributed by atoms with Crippen LogP contribution in [0.4, 0.5) is 0 Å². The van der Waals surface area contributed by atoms with Crippen LogP contribution in [0.15, 0.2) is 45.2 Å². The average Bonchev–Trinajstić information content (AvgIpc) is 3.53. The van der Waals surface area contributed by atoms with E-state index in [2.05, 4.69) is 26.3 Å². The third-order valence-corrected chi connectivity index (χ3v) is 5.93. The third kappa shape index (κ3) is 3.75. The average molecular weight is 461 g/mol. The Kier molecular flexibility index (Phi) is 4.97. The van der Waals surface area contributed by atoms with Crippen molar-refractivity contribution in [3.05, 3.63) is 69.0 Å². The molecule has 0 spiro atoms. The molecule has 5 rings (SSSR count). The van der Waals surface area contributed by atoms with Crippen LogP contribution in [0.5, 0.6) is 0 Å². The highest BCUT2D eigenvalue weighted by Gasteiger charge is 2.17. The Labute approximate surface area is 189 Å². The number of amides is 1. The first kappa shape index (κ1) is 20.6. The van der Waals surface area contributed by atoms with E-state index in [1.165, 1.54) is 32.4 Å². The second kappa shape index (κ2) is 7.97. The van der Waals surface area contributed by atoms with E-state index in [0.717, 1.165) is 5.39 Å². The number of fused-ring (bicyclic) bond motifs is 2. The number of aliphatic hydroxyl groups is 1. The van der Waals surface area contributed by atoms with Crippen LogP contribution in [0.2, 0.25) is 0 Å². The van der Waals surface area contributed by atoms with Crippen molar-refractivity contribution in [1.29, 1.82) is 0 Å². The molecule has 1 amide bonds. The number of carbonyl (C=O) groups is 1. The van der Waals surface area contributed by atoms with E-state index in [1.54, 1.807) is 24.3 Å². The minimum atomic E-state index is -0.930. The maximum Gasteiger partial charge on any atom is 0.263 e. The largest absolute Gasteiger partial charge is 0.448 e. The predicted molar refractivity (Wildman–Crippen MR) is 118 cm³/mol. The van der Waals surface area contributed by atoms with Gasteiger partial charge in [0.1, 0.15) is 16.5 Å². The molecule has 0 aliphatic rings. The number of furan rings is 1. The summed E-state index contributed by atoms with van der Waals surface area (Å²) in [5.74, 6) is 2.39. The van der Waals surface area contributed by atoms with Gasteiger partial charge < -0.3 is 15.3 Å². The lowest BCUT2D eigenvalue weighted by molar-refractivity contribution is 0.100. The highest BCUT2D eigenvalue weighted by molar-refractivity contribution is 7.17. The van der Waals surface area contributed by atoms with Crippen LogP contribution in [-0.2, 0) is 13.1 Å². The summed E-state index contributed by atoms with van der Waals surface area (Å²) in [5, 5.41) is 25.2. The Morgan fingerprint density at radius 2 is 2.21 bits per heavy atom. The fraction of sp³-hybridized carbons (Fsp3) is 0.143. The highest BCUT2D eigenvalue weighted by atomic mass is 32.1. The van der Waals surface area contributed by atoms with Gasteiger partial charge in [-0.15, -0.1) is 28.0 Å². The van der Waals surface area contributed by atoms with Gasteiger partial charge in [-0.3, -0.25) is 14.2 Å². The molecule has 1 atom stereocenters. The molecule has 3 N–H and O–H groups in total. The number of hydrogen-bond donors (Lipinski definition) is 2. The molecule has 0 saturated carbocycles. The topological polar surface area (TPSA) is 155 Å². The molecule has 0 fully saturated rings.